The highest BCUT2D eigenvalue weighted by atomic mass is 19.1. The molecule has 1 saturated heterocycles. The van der Waals surface area contributed by atoms with Gasteiger partial charge in [-0.05, 0) is 17.9 Å². The van der Waals surface area contributed by atoms with Crippen molar-refractivity contribution in [1.82, 2.24) is 4.90 Å². The molecule has 1 heterocycles. The molecule has 0 amide bonds. The Bertz CT molecular complexity index is 360. The fourth-order valence-electron chi connectivity index (χ4n) is 2.74. The minimum absolute atomic E-state index is 0.0950. The lowest BCUT2D eigenvalue weighted by molar-refractivity contribution is 0.224. The molecule has 1 fully saturated rings. The van der Waals surface area contributed by atoms with Crippen LogP contribution in [0.4, 0.5) is 4.39 Å². The maximum absolute atomic E-state index is 13.0. The predicted molar refractivity (Wildman–Crippen MR) is 69.7 cm³/mol. The van der Waals surface area contributed by atoms with Gasteiger partial charge in [0.05, 0.1) is 6.67 Å². The van der Waals surface area contributed by atoms with E-state index in [1.807, 2.05) is 6.07 Å². The third-order valence-corrected chi connectivity index (χ3v) is 4.19. The van der Waals surface area contributed by atoms with Gasteiger partial charge in [-0.25, -0.2) is 0 Å². The van der Waals surface area contributed by atoms with Gasteiger partial charge < -0.3 is 0 Å². The van der Waals surface area contributed by atoms with Gasteiger partial charge >= 0.3 is 0 Å². The normalized spacial score (nSPS) is 26.0. The summed E-state index contributed by atoms with van der Waals surface area (Å²) in [6.07, 6.45) is 0. The van der Waals surface area contributed by atoms with Gasteiger partial charge in [0.25, 0.3) is 0 Å². The molecule has 94 valence electrons. The minimum Gasteiger partial charge on any atom is -0.296 e. The van der Waals surface area contributed by atoms with Crippen molar-refractivity contribution in [3.05, 3.63) is 35.9 Å². The van der Waals surface area contributed by atoms with E-state index in [4.69, 9.17) is 0 Å². The fourth-order valence-corrected chi connectivity index (χ4v) is 2.74. The lowest BCUT2D eigenvalue weighted by atomic mass is 9.83. The van der Waals surface area contributed by atoms with Crippen LogP contribution in [0.2, 0.25) is 0 Å². The zero-order valence-corrected chi connectivity index (χ0v) is 11.0. The van der Waals surface area contributed by atoms with E-state index in [0.717, 1.165) is 13.1 Å². The molecule has 1 aliphatic rings. The van der Waals surface area contributed by atoms with E-state index in [-0.39, 0.29) is 18.0 Å². The van der Waals surface area contributed by atoms with Crippen molar-refractivity contribution in [2.75, 3.05) is 19.8 Å². The molecule has 0 bridgehead atoms. The SMILES string of the molecule is C[C@H](c1ccccc1)N1C[C@@H](CF)C(C)(C)C1. The van der Waals surface area contributed by atoms with Gasteiger partial charge in [0.15, 0.2) is 0 Å². The molecular formula is C15H22FN. The smallest absolute Gasteiger partial charge is 0.0940 e. The monoisotopic (exact) mass is 235 g/mol. The molecule has 17 heavy (non-hydrogen) atoms. The van der Waals surface area contributed by atoms with Gasteiger partial charge in [-0.15, -0.1) is 0 Å². The minimum atomic E-state index is -0.203. The molecule has 0 aromatic heterocycles. The van der Waals surface area contributed by atoms with Crippen molar-refractivity contribution in [1.29, 1.82) is 0 Å². The third-order valence-electron chi connectivity index (χ3n) is 4.19. The Kier molecular flexibility index (Phi) is 3.53. The van der Waals surface area contributed by atoms with Crippen LogP contribution in [0, 0.1) is 11.3 Å². The molecule has 1 nitrogen and oxygen atoms in total. The highest BCUT2D eigenvalue weighted by molar-refractivity contribution is 5.19. The number of hydrogen-bond donors (Lipinski definition) is 0. The molecule has 2 heteroatoms. The number of halogens is 1. The summed E-state index contributed by atoms with van der Waals surface area (Å²) in [5.74, 6) is 0.175. The molecule has 1 aromatic rings. The maximum Gasteiger partial charge on any atom is 0.0940 e. The van der Waals surface area contributed by atoms with Gasteiger partial charge in [-0.2, -0.15) is 0 Å². The third kappa shape index (κ3) is 2.52. The number of hydrogen-bond acceptors (Lipinski definition) is 1. The summed E-state index contributed by atoms with van der Waals surface area (Å²) in [6.45, 7) is 8.22. The first-order valence-electron chi connectivity index (χ1n) is 6.39. The van der Waals surface area contributed by atoms with Crippen LogP contribution in [0.15, 0.2) is 30.3 Å². The lowest BCUT2D eigenvalue weighted by Gasteiger charge is -2.26. The molecule has 0 unspecified atom stereocenters. The summed E-state index contributed by atoms with van der Waals surface area (Å²) in [5, 5.41) is 0. The zero-order chi connectivity index (χ0) is 12.5. The molecular weight excluding hydrogens is 213 g/mol. The van der Waals surface area contributed by atoms with Crippen LogP contribution >= 0.6 is 0 Å². The first kappa shape index (κ1) is 12.6. The molecule has 0 radical (unpaired) electrons. The van der Waals surface area contributed by atoms with E-state index in [9.17, 15) is 4.39 Å². The molecule has 1 aliphatic heterocycles. The topological polar surface area (TPSA) is 3.24 Å². The van der Waals surface area contributed by atoms with Gasteiger partial charge in [0.2, 0.25) is 0 Å². The van der Waals surface area contributed by atoms with E-state index >= 15 is 0 Å². The van der Waals surface area contributed by atoms with E-state index in [0.29, 0.717) is 6.04 Å². The summed E-state index contributed by atoms with van der Waals surface area (Å²) < 4.78 is 13.0. The van der Waals surface area contributed by atoms with E-state index < -0.39 is 0 Å². The summed E-state index contributed by atoms with van der Waals surface area (Å²) in [5.41, 5.74) is 1.42. The molecule has 0 N–H and O–H groups in total. The van der Waals surface area contributed by atoms with E-state index in [2.05, 4.69) is 49.9 Å². The quantitative estimate of drug-likeness (QED) is 0.772. The molecule has 1 aromatic carbocycles. The summed E-state index contributed by atoms with van der Waals surface area (Å²) in [6, 6.07) is 10.9. The summed E-state index contributed by atoms with van der Waals surface area (Å²) >= 11 is 0. The number of alkyl halides is 1. The van der Waals surface area contributed by atoms with Gasteiger partial charge in [-0.3, -0.25) is 9.29 Å². The first-order valence-corrected chi connectivity index (χ1v) is 6.39. The van der Waals surface area contributed by atoms with Gasteiger partial charge in [0, 0.05) is 25.0 Å². The largest absolute Gasteiger partial charge is 0.296 e. The fraction of sp³-hybridized carbons (Fsp3) is 0.600. The van der Waals surface area contributed by atoms with Crippen LogP contribution in [0.25, 0.3) is 0 Å². The number of benzene rings is 1. The number of nitrogens with zero attached hydrogens (tertiary/aromatic N) is 1. The van der Waals surface area contributed by atoms with E-state index in [1.54, 1.807) is 0 Å². The Labute approximate surface area is 104 Å². The maximum atomic E-state index is 13.0. The molecule has 2 rings (SSSR count). The second-order valence-electron chi connectivity index (χ2n) is 5.86. The van der Waals surface area contributed by atoms with Crippen molar-refractivity contribution >= 4 is 0 Å². The Morgan fingerprint density at radius 3 is 2.53 bits per heavy atom. The average molecular weight is 235 g/mol. The average Bonchev–Trinajstić information content (AvgIpc) is 2.64. The second-order valence-corrected chi connectivity index (χ2v) is 5.86. The Hall–Kier alpha value is -0.890. The van der Waals surface area contributed by atoms with Crippen molar-refractivity contribution in [3.8, 4) is 0 Å². The standard InChI is InChI=1S/C15H22FN/c1-12(13-7-5-4-6-8-13)17-10-14(9-16)15(2,3)11-17/h4-8,12,14H,9-11H2,1-3H3/t12-,14-/m1/s1. The summed E-state index contributed by atoms with van der Waals surface area (Å²) in [7, 11) is 0. The summed E-state index contributed by atoms with van der Waals surface area (Å²) in [4.78, 5) is 2.40. The van der Waals surface area contributed by atoms with Crippen LogP contribution in [0.1, 0.15) is 32.4 Å². The molecule has 0 spiro atoms. The zero-order valence-electron chi connectivity index (χ0n) is 11.0. The van der Waals surface area contributed by atoms with Gasteiger partial charge in [-0.1, -0.05) is 44.2 Å². The van der Waals surface area contributed by atoms with Crippen LogP contribution < -0.4 is 0 Å². The second kappa shape index (κ2) is 4.77. The van der Waals surface area contributed by atoms with Crippen molar-refractivity contribution in [3.63, 3.8) is 0 Å². The number of rotatable bonds is 3. The Morgan fingerprint density at radius 2 is 2.00 bits per heavy atom. The van der Waals surface area contributed by atoms with Crippen molar-refractivity contribution in [2.24, 2.45) is 11.3 Å². The molecule has 0 saturated carbocycles. The van der Waals surface area contributed by atoms with Crippen molar-refractivity contribution in [2.45, 2.75) is 26.8 Å². The predicted octanol–water partition coefficient (Wildman–Crippen LogP) is 3.68. The molecule has 2 atom stereocenters. The number of likely N-dealkylation sites (tertiary alicyclic amines) is 1. The van der Waals surface area contributed by atoms with E-state index in [1.165, 1.54) is 5.56 Å². The van der Waals surface area contributed by atoms with Crippen LogP contribution in [0.3, 0.4) is 0 Å². The van der Waals surface area contributed by atoms with Gasteiger partial charge in [0.1, 0.15) is 0 Å². The highest BCUT2D eigenvalue weighted by Crippen LogP contribution is 2.39. The van der Waals surface area contributed by atoms with Crippen LogP contribution in [0.5, 0.6) is 0 Å². The Balaban J connectivity index is 2.10. The highest BCUT2D eigenvalue weighted by Gasteiger charge is 2.40. The lowest BCUT2D eigenvalue weighted by Crippen LogP contribution is -2.26. The van der Waals surface area contributed by atoms with Crippen LogP contribution in [-0.4, -0.2) is 24.7 Å². The van der Waals surface area contributed by atoms with Crippen molar-refractivity contribution < 1.29 is 4.39 Å². The molecule has 0 aliphatic carbocycles. The van der Waals surface area contributed by atoms with Crippen LogP contribution in [-0.2, 0) is 0 Å². The first-order chi connectivity index (χ1) is 8.04. The Morgan fingerprint density at radius 1 is 1.35 bits per heavy atom.